The van der Waals surface area contributed by atoms with Crippen LogP contribution in [0, 0.1) is 0 Å². The first-order valence-electron chi connectivity index (χ1n) is 13.3. The molecule has 0 fully saturated rings. The Hall–Kier alpha value is -3.49. The number of benzene rings is 3. The Balaban J connectivity index is 1.44. The van der Waals surface area contributed by atoms with Gasteiger partial charge in [-0.1, -0.05) is 74.9 Å². The van der Waals surface area contributed by atoms with Gasteiger partial charge in [0.25, 0.3) is 10.1 Å². The number of carbonyl (C=O) groups excluding carboxylic acids is 2. The first kappa shape index (κ1) is 28.5. The topological polar surface area (TPSA) is 104 Å². The predicted molar refractivity (Wildman–Crippen MR) is 154 cm³/mol. The third-order valence-electron chi connectivity index (χ3n) is 7.53. The number of nitrogens with one attached hydrogen (secondary N) is 1. The average molecular weight is 549 g/mol. The Morgan fingerprint density at radius 2 is 1.69 bits per heavy atom. The standard InChI is InChI=1S/C31H36N2O5S/c1-5-27-31(3,4)29-24-15-12-16-26(39(36,37)38)23(24)18-19-25(29)33(27)20-11-7-10-17-28(35)32-30(21(2)34)22-13-8-6-9-14-22/h5-6,8-9,12-16,18-19,30H,7,10-11,17,20H2,1-4H3,(H,32,35)(H,36,37,38)/b27-5+. The number of hydrogen-bond donors (Lipinski definition) is 2. The largest absolute Gasteiger partial charge is 0.344 e. The monoisotopic (exact) mass is 548 g/mol. The quantitative estimate of drug-likeness (QED) is 0.235. The van der Waals surface area contributed by atoms with Crippen LogP contribution in [0.3, 0.4) is 0 Å². The van der Waals surface area contributed by atoms with E-state index in [1.54, 1.807) is 12.1 Å². The van der Waals surface area contributed by atoms with Crippen molar-refractivity contribution in [1.29, 1.82) is 0 Å². The van der Waals surface area contributed by atoms with E-state index in [1.807, 2.05) is 49.4 Å². The molecular weight excluding hydrogens is 512 g/mol. The highest BCUT2D eigenvalue weighted by Gasteiger charge is 2.41. The van der Waals surface area contributed by atoms with Gasteiger partial charge in [0.1, 0.15) is 10.9 Å². The fourth-order valence-electron chi connectivity index (χ4n) is 5.81. The normalized spacial score (nSPS) is 16.3. The third kappa shape index (κ3) is 5.77. The summed E-state index contributed by atoms with van der Waals surface area (Å²) >= 11 is 0. The molecule has 0 aliphatic carbocycles. The lowest BCUT2D eigenvalue weighted by Crippen LogP contribution is -2.32. The minimum Gasteiger partial charge on any atom is -0.344 e. The highest BCUT2D eigenvalue weighted by molar-refractivity contribution is 7.86. The Bertz CT molecular complexity index is 1530. The van der Waals surface area contributed by atoms with Crippen molar-refractivity contribution < 1.29 is 22.6 Å². The second-order valence-electron chi connectivity index (χ2n) is 10.6. The Morgan fingerprint density at radius 3 is 2.33 bits per heavy atom. The van der Waals surface area contributed by atoms with Crippen molar-refractivity contribution in [2.75, 3.05) is 11.4 Å². The van der Waals surface area contributed by atoms with Crippen molar-refractivity contribution in [1.82, 2.24) is 5.32 Å². The van der Waals surface area contributed by atoms with E-state index in [0.717, 1.165) is 47.3 Å². The molecule has 0 spiro atoms. The molecule has 7 nitrogen and oxygen atoms in total. The zero-order valence-electron chi connectivity index (χ0n) is 22.9. The van der Waals surface area contributed by atoms with Crippen LogP contribution in [0.5, 0.6) is 0 Å². The molecule has 39 heavy (non-hydrogen) atoms. The van der Waals surface area contributed by atoms with Crippen molar-refractivity contribution >= 4 is 38.3 Å². The molecule has 3 aromatic carbocycles. The summed E-state index contributed by atoms with van der Waals surface area (Å²) < 4.78 is 33.8. The summed E-state index contributed by atoms with van der Waals surface area (Å²) in [5.41, 5.74) is 3.61. The van der Waals surface area contributed by atoms with E-state index in [2.05, 4.69) is 30.1 Å². The van der Waals surface area contributed by atoms with Gasteiger partial charge in [0.2, 0.25) is 5.91 Å². The van der Waals surface area contributed by atoms with E-state index in [0.29, 0.717) is 18.2 Å². The average Bonchev–Trinajstić information content (AvgIpc) is 3.12. The molecule has 2 N–H and O–H groups in total. The lowest BCUT2D eigenvalue weighted by atomic mass is 9.81. The maximum Gasteiger partial charge on any atom is 0.295 e. The van der Waals surface area contributed by atoms with Gasteiger partial charge in [0.05, 0.1) is 0 Å². The van der Waals surface area contributed by atoms with E-state index in [9.17, 15) is 22.6 Å². The molecule has 0 saturated carbocycles. The van der Waals surface area contributed by atoms with Gasteiger partial charge < -0.3 is 10.2 Å². The van der Waals surface area contributed by atoms with Gasteiger partial charge in [0, 0.05) is 35.2 Å². The van der Waals surface area contributed by atoms with E-state index in [4.69, 9.17) is 0 Å². The molecule has 1 unspecified atom stereocenters. The lowest BCUT2D eigenvalue weighted by Gasteiger charge is -2.27. The van der Waals surface area contributed by atoms with Gasteiger partial charge in [-0.15, -0.1) is 0 Å². The predicted octanol–water partition coefficient (Wildman–Crippen LogP) is 6.09. The Morgan fingerprint density at radius 1 is 0.974 bits per heavy atom. The molecule has 0 radical (unpaired) electrons. The van der Waals surface area contributed by atoms with Crippen LogP contribution in [0.2, 0.25) is 0 Å². The first-order valence-corrected chi connectivity index (χ1v) is 14.7. The van der Waals surface area contributed by atoms with E-state index >= 15 is 0 Å². The maximum atomic E-state index is 12.6. The molecule has 1 aliphatic rings. The van der Waals surface area contributed by atoms with Crippen molar-refractivity contribution in [2.24, 2.45) is 0 Å². The molecular formula is C31H36N2O5S. The number of hydrogen-bond acceptors (Lipinski definition) is 5. The molecule has 4 rings (SSSR count). The highest BCUT2D eigenvalue weighted by Crippen LogP contribution is 2.51. The number of amides is 1. The zero-order chi connectivity index (χ0) is 28.4. The summed E-state index contributed by atoms with van der Waals surface area (Å²) in [6, 6.07) is 17.3. The minimum atomic E-state index is -4.35. The number of ketones is 1. The molecule has 1 heterocycles. The van der Waals surface area contributed by atoms with Crippen molar-refractivity contribution in [3.63, 3.8) is 0 Å². The van der Waals surface area contributed by atoms with E-state index < -0.39 is 16.2 Å². The van der Waals surface area contributed by atoms with Crippen LogP contribution in [0.25, 0.3) is 10.8 Å². The summed E-state index contributed by atoms with van der Waals surface area (Å²) in [6.45, 7) is 8.50. The second kappa shape index (κ2) is 11.3. The van der Waals surface area contributed by atoms with Crippen LogP contribution >= 0.6 is 0 Å². The smallest absolute Gasteiger partial charge is 0.295 e. The van der Waals surface area contributed by atoms with E-state index in [-0.39, 0.29) is 22.0 Å². The van der Waals surface area contributed by atoms with Crippen LogP contribution in [0.4, 0.5) is 5.69 Å². The molecule has 3 aromatic rings. The van der Waals surface area contributed by atoms with Crippen molar-refractivity contribution in [3.8, 4) is 0 Å². The molecule has 1 atom stereocenters. The number of Topliss-reactive ketones (excluding diaryl/α,β-unsaturated/α-hetero) is 1. The van der Waals surface area contributed by atoms with E-state index in [1.165, 1.54) is 13.0 Å². The number of rotatable bonds is 10. The summed E-state index contributed by atoms with van der Waals surface area (Å²) in [6.07, 6.45) is 4.84. The van der Waals surface area contributed by atoms with Crippen LogP contribution in [0.1, 0.15) is 70.5 Å². The molecule has 0 saturated heterocycles. The van der Waals surface area contributed by atoms with Crippen molar-refractivity contribution in [2.45, 2.75) is 69.7 Å². The van der Waals surface area contributed by atoms with Crippen LogP contribution < -0.4 is 10.2 Å². The fourth-order valence-corrected chi connectivity index (χ4v) is 6.51. The highest BCUT2D eigenvalue weighted by atomic mass is 32.2. The van der Waals surface area contributed by atoms with Crippen LogP contribution in [0.15, 0.2) is 77.3 Å². The van der Waals surface area contributed by atoms with Gasteiger partial charge in [-0.3, -0.25) is 14.1 Å². The molecule has 1 aliphatic heterocycles. The number of fused-ring (bicyclic) bond motifs is 3. The van der Waals surface area contributed by atoms with Crippen LogP contribution in [-0.4, -0.2) is 31.2 Å². The van der Waals surface area contributed by atoms with Gasteiger partial charge in [0.15, 0.2) is 5.78 Å². The van der Waals surface area contributed by atoms with Gasteiger partial charge in [-0.2, -0.15) is 8.42 Å². The zero-order valence-corrected chi connectivity index (χ0v) is 23.7. The number of anilines is 1. The number of nitrogens with zero attached hydrogens (tertiary/aromatic N) is 1. The Labute approximate surface area is 230 Å². The van der Waals surface area contributed by atoms with Crippen molar-refractivity contribution in [3.05, 3.63) is 83.6 Å². The van der Waals surface area contributed by atoms with Gasteiger partial charge in [-0.25, -0.2) is 0 Å². The third-order valence-corrected chi connectivity index (χ3v) is 8.44. The Kier molecular flexibility index (Phi) is 8.28. The lowest BCUT2D eigenvalue weighted by molar-refractivity contribution is -0.127. The fraction of sp³-hybridized carbons (Fsp3) is 0.355. The summed E-state index contributed by atoms with van der Waals surface area (Å²) in [7, 11) is -4.35. The van der Waals surface area contributed by atoms with Gasteiger partial charge >= 0.3 is 0 Å². The molecule has 8 heteroatoms. The number of unbranched alkanes of at least 4 members (excludes halogenated alkanes) is 2. The molecule has 206 valence electrons. The summed E-state index contributed by atoms with van der Waals surface area (Å²) in [5.74, 6) is -0.234. The summed E-state index contributed by atoms with van der Waals surface area (Å²) in [4.78, 5) is 26.9. The molecule has 0 bridgehead atoms. The first-order chi connectivity index (χ1) is 18.5. The SMILES string of the molecule is C/C=C1/N(CCCCCC(=O)NC(C(C)=O)c2ccccc2)c2ccc3c(S(=O)(=O)O)cccc3c2C1(C)C. The minimum absolute atomic E-state index is 0.0865. The van der Waals surface area contributed by atoms with Crippen LogP contribution in [-0.2, 0) is 25.1 Å². The molecule has 0 aromatic heterocycles. The number of allylic oxidation sites excluding steroid dienone is 2. The summed E-state index contributed by atoms with van der Waals surface area (Å²) in [5, 5.41) is 4.19. The maximum absolute atomic E-state index is 12.6. The van der Waals surface area contributed by atoms with Gasteiger partial charge in [-0.05, 0) is 55.3 Å². The number of carbonyl (C=O) groups is 2. The second-order valence-corrected chi connectivity index (χ2v) is 12.0. The molecule has 1 amide bonds.